The molecule has 0 atom stereocenters. The zero-order valence-corrected chi connectivity index (χ0v) is 11.8. The highest BCUT2D eigenvalue weighted by Crippen LogP contribution is 2.26. The molecule has 100 valence electrons. The van der Waals surface area contributed by atoms with Crippen LogP contribution in [-0.2, 0) is 4.74 Å². The first-order chi connectivity index (χ1) is 8.96. The number of hydrogen-bond acceptors (Lipinski definition) is 6. The summed E-state index contributed by atoms with van der Waals surface area (Å²) in [6.45, 7) is 5.47. The average molecular weight is 277 g/mol. The van der Waals surface area contributed by atoms with Gasteiger partial charge in [0.05, 0.1) is 17.4 Å². The molecule has 0 saturated heterocycles. The highest BCUT2D eigenvalue weighted by molar-refractivity contribution is 7.14. The smallest absolute Gasteiger partial charge is 0.360 e. The molecule has 0 radical (unpaired) electrons. The molecule has 0 saturated carbocycles. The van der Waals surface area contributed by atoms with Crippen LogP contribution in [0.15, 0.2) is 30.0 Å². The van der Waals surface area contributed by atoms with Crippen LogP contribution in [0.1, 0.15) is 31.3 Å². The molecule has 2 aromatic rings. The van der Waals surface area contributed by atoms with E-state index in [9.17, 15) is 4.79 Å². The van der Waals surface area contributed by atoms with Crippen molar-refractivity contribution >= 4 is 28.0 Å². The minimum absolute atomic E-state index is 0.295. The Morgan fingerprint density at radius 1 is 1.42 bits per heavy atom. The molecule has 0 fully saturated rings. The molecule has 0 spiro atoms. The van der Waals surface area contributed by atoms with Gasteiger partial charge < -0.3 is 10.1 Å². The Kier molecular flexibility index (Phi) is 3.80. The summed E-state index contributed by atoms with van der Waals surface area (Å²) in [4.78, 5) is 20.1. The molecule has 0 aromatic carbocycles. The predicted octanol–water partition coefficient (Wildman–Crippen LogP) is 3.24. The van der Waals surface area contributed by atoms with Crippen molar-refractivity contribution in [2.24, 2.45) is 0 Å². The van der Waals surface area contributed by atoms with E-state index in [-0.39, 0.29) is 0 Å². The maximum atomic E-state index is 12.0. The van der Waals surface area contributed by atoms with Crippen LogP contribution in [0.4, 0.5) is 10.7 Å². The summed E-state index contributed by atoms with van der Waals surface area (Å²) in [6, 6.07) is 3.68. The lowest BCUT2D eigenvalue weighted by Crippen LogP contribution is -2.24. The molecule has 5 nitrogen and oxygen atoms in total. The first-order valence-electron chi connectivity index (χ1n) is 5.79. The third kappa shape index (κ3) is 3.75. The molecule has 0 unspecified atom stereocenters. The fourth-order valence-corrected chi connectivity index (χ4v) is 2.06. The third-order valence-corrected chi connectivity index (χ3v) is 2.82. The van der Waals surface area contributed by atoms with Crippen LogP contribution >= 0.6 is 11.3 Å². The van der Waals surface area contributed by atoms with Gasteiger partial charge in [0.25, 0.3) is 0 Å². The molecule has 6 heteroatoms. The van der Waals surface area contributed by atoms with Crippen LogP contribution in [0.2, 0.25) is 0 Å². The summed E-state index contributed by atoms with van der Waals surface area (Å²) >= 11 is 1.35. The first-order valence-corrected chi connectivity index (χ1v) is 6.67. The Morgan fingerprint density at radius 2 is 2.21 bits per heavy atom. The number of carbonyl (C=O) groups is 1. The van der Waals surface area contributed by atoms with Gasteiger partial charge in [-0.15, -0.1) is 11.3 Å². The van der Waals surface area contributed by atoms with Gasteiger partial charge in [-0.2, -0.15) is 0 Å². The molecule has 0 aliphatic heterocycles. The van der Waals surface area contributed by atoms with Gasteiger partial charge in [-0.05, 0) is 32.9 Å². The molecule has 0 aliphatic carbocycles. The molecule has 2 aromatic heterocycles. The van der Waals surface area contributed by atoms with Crippen LogP contribution in [0.5, 0.6) is 0 Å². The van der Waals surface area contributed by atoms with E-state index in [1.807, 2.05) is 32.9 Å². The molecule has 0 amide bonds. The Balaban J connectivity index is 2.16. The van der Waals surface area contributed by atoms with Crippen LogP contribution < -0.4 is 5.32 Å². The standard InChI is InChI=1S/C13H15N3O2S/c1-13(2,3)18-12(17)10-11(19-8-15-10)16-9-5-4-6-14-7-9/h4-8,16H,1-3H3. The lowest BCUT2D eigenvalue weighted by molar-refractivity contribution is 0.00649. The fraction of sp³-hybridized carbons (Fsp3) is 0.308. The molecule has 2 heterocycles. The van der Waals surface area contributed by atoms with Gasteiger partial charge in [0.2, 0.25) is 0 Å². The number of anilines is 2. The van der Waals surface area contributed by atoms with Crippen molar-refractivity contribution in [3.63, 3.8) is 0 Å². The van der Waals surface area contributed by atoms with Crippen molar-refractivity contribution in [3.8, 4) is 0 Å². The van der Waals surface area contributed by atoms with E-state index in [0.717, 1.165) is 5.69 Å². The van der Waals surface area contributed by atoms with Gasteiger partial charge in [0.15, 0.2) is 5.69 Å². The minimum atomic E-state index is -0.535. The minimum Gasteiger partial charge on any atom is -0.455 e. The van der Waals surface area contributed by atoms with Crippen LogP contribution in [0, 0.1) is 0 Å². The van der Waals surface area contributed by atoms with E-state index >= 15 is 0 Å². The second-order valence-corrected chi connectivity index (χ2v) is 5.75. The number of nitrogens with one attached hydrogen (secondary N) is 1. The second kappa shape index (κ2) is 5.36. The van der Waals surface area contributed by atoms with Crippen molar-refractivity contribution in [2.45, 2.75) is 26.4 Å². The summed E-state index contributed by atoms with van der Waals surface area (Å²) in [7, 11) is 0. The van der Waals surface area contributed by atoms with Gasteiger partial charge in [-0.1, -0.05) is 0 Å². The highest BCUT2D eigenvalue weighted by atomic mass is 32.1. The van der Waals surface area contributed by atoms with Crippen LogP contribution in [0.25, 0.3) is 0 Å². The van der Waals surface area contributed by atoms with Crippen molar-refractivity contribution < 1.29 is 9.53 Å². The van der Waals surface area contributed by atoms with E-state index in [2.05, 4.69) is 15.3 Å². The van der Waals surface area contributed by atoms with Crippen LogP contribution in [0.3, 0.4) is 0 Å². The van der Waals surface area contributed by atoms with Crippen molar-refractivity contribution in [1.29, 1.82) is 0 Å². The molecule has 19 heavy (non-hydrogen) atoms. The predicted molar refractivity (Wildman–Crippen MR) is 74.8 cm³/mol. The number of rotatable bonds is 3. The van der Waals surface area contributed by atoms with E-state index in [1.165, 1.54) is 11.3 Å². The van der Waals surface area contributed by atoms with Gasteiger partial charge in [0, 0.05) is 6.20 Å². The lowest BCUT2D eigenvalue weighted by Gasteiger charge is -2.19. The SMILES string of the molecule is CC(C)(C)OC(=O)c1ncsc1Nc1cccnc1. The van der Waals surface area contributed by atoms with Crippen molar-refractivity contribution in [3.05, 3.63) is 35.7 Å². The molecule has 2 rings (SSSR count). The molecule has 1 N–H and O–H groups in total. The maximum Gasteiger partial charge on any atom is 0.360 e. The topological polar surface area (TPSA) is 64.1 Å². The molecular formula is C13H15N3O2S. The van der Waals surface area contributed by atoms with Gasteiger partial charge >= 0.3 is 5.97 Å². The largest absolute Gasteiger partial charge is 0.455 e. The number of pyridine rings is 1. The van der Waals surface area contributed by atoms with Crippen LogP contribution in [-0.4, -0.2) is 21.5 Å². The van der Waals surface area contributed by atoms with Crippen molar-refractivity contribution in [1.82, 2.24) is 9.97 Å². The monoisotopic (exact) mass is 277 g/mol. The summed E-state index contributed by atoms with van der Waals surface area (Å²) in [5.74, 6) is -0.430. The fourth-order valence-electron chi connectivity index (χ4n) is 1.37. The number of nitrogens with zero attached hydrogens (tertiary/aromatic N) is 2. The molecular weight excluding hydrogens is 262 g/mol. The average Bonchev–Trinajstić information content (AvgIpc) is 2.76. The zero-order valence-electron chi connectivity index (χ0n) is 11.0. The van der Waals surface area contributed by atoms with Crippen molar-refractivity contribution in [2.75, 3.05) is 5.32 Å². The summed E-state index contributed by atoms with van der Waals surface area (Å²) < 4.78 is 5.31. The lowest BCUT2D eigenvalue weighted by atomic mass is 10.2. The van der Waals surface area contributed by atoms with E-state index in [4.69, 9.17) is 4.74 Å². The summed E-state index contributed by atoms with van der Waals surface area (Å²) in [5, 5.41) is 3.77. The molecule has 0 aliphatic rings. The Bertz CT molecular complexity index is 561. The summed E-state index contributed by atoms with van der Waals surface area (Å²) in [5.41, 5.74) is 2.17. The quantitative estimate of drug-likeness (QED) is 0.872. The first kappa shape index (κ1) is 13.5. The third-order valence-electron chi connectivity index (χ3n) is 2.08. The maximum absolute atomic E-state index is 12.0. The van der Waals surface area contributed by atoms with Gasteiger partial charge in [-0.3, -0.25) is 4.98 Å². The van der Waals surface area contributed by atoms with E-state index in [1.54, 1.807) is 17.9 Å². The summed E-state index contributed by atoms with van der Waals surface area (Å²) in [6.07, 6.45) is 3.37. The number of hydrogen-bond donors (Lipinski definition) is 1. The van der Waals surface area contributed by atoms with Gasteiger partial charge in [-0.25, -0.2) is 9.78 Å². The Morgan fingerprint density at radius 3 is 2.84 bits per heavy atom. The number of aromatic nitrogens is 2. The van der Waals surface area contributed by atoms with Gasteiger partial charge in [0.1, 0.15) is 10.6 Å². The number of thiazole rings is 1. The normalized spacial score (nSPS) is 11.1. The number of ether oxygens (including phenoxy) is 1. The Hall–Kier alpha value is -1.95. The number of esters is 1. The Labute approximate surface area is 115 Å². The zero-order chi connectivity index (χ0) is 13.9. The van der Waals surface area contributed by atoms with E-state index in [0.29, 0.717) is 10.7 Å². The highest BCUT2D eigenvalue weighted by Gasteiger charge is 2.22. The number of carbonyl (C=O) groups excluding carboxylic acids is 1. The second-order valence-electron chi connectivity index (χ2n) is 4.90. The van der Waals surface area contributed by atoms with E-state index < -0.39 is 11.6 Å². The molecule has 0 bridgehead atoms.